The highest BCUT2D eigenvalue weighted by atomic mass is 32.1. The van der Waals surface area contributed by atoms with E-state index in [1.165, 1.54) is 22.2 Å². The number of nitrogens with one attached hydrogen (secondary N) is 1. The van der Waals surface area contributed by atoms with Gasteiger partial charge >= 0.3 is 11.7 Å². The minimum atomic E-state index is -0.518. The van der Waals surface area contributed by atoms with Gasteiger partial charge in [-0.05, 0) is 24.6 Å². The van der Waals surface area contributed by atoms with Crippen LogP contribution in [0.2, 0.25) is 0 Å². The molecule has 0 atom stereocenters. The lowest BCUT2D eigenvalue weighted by molar-refractivity contribution is -0.385. The predicted octanol–water partition coefficient (Wildman–Crippen LogP) is 2.84. The van der Waals surface area contributed by atoms with Gasteiger partial charge in [0.05, 0.1) is 29.9 Å². The van der Waals surface area contributed by atoms with Crippen LogP contribution in [-0.4, -0.2) is 38.5 Å². The quantitative estimate of drug-likeness (QED) is 0.225. The molecule has 0 saturated heterocycles. The second kappa shape index (κ2) is 10.1. The molecule has 1 aromatic carbocycles. The van der Waals surface area contributed by atoms with Crippen LogP contribution in [0, 0.1) is 10.1 Å². The lowest BCUT2D eigenvalue weighted by atomic mass is 10.2. The number of rotatable bonds is 10. The first kappa shape index (κ1) is 20.9. The van der Waals surface area contributed by atoms with E-state index in [0.717, 1.165) is 11.8 Å². The Morgan fingerprint density at radius 1 is 1.47 bits per heavy atom. The number of hydrogen-bond acceptors (Lipinski definition) is 10. The number of hydrogen-bond donors (Lipinski definition) is 1. The van der Waals surface area contributed by atoms with E-state index in [9.17, 15) is 14.9 Å². The maximum Gasteiger partial charge on any atom is 0.311 e. The Labute approximate surface area is 175 Å². The van der Waals surface area contributed by atoms with Crippen molar-refractivity contribution in [3.63, 3.8) is 0 Å². The first-order chi connectivity index (χ1) is 14.5. The Kier molecular flexibility index (Phi) is 7.05. The second-order valence-corrected chi connectivity index (χ2v) is 6.69. The number of carbonyl (C=O) groups excluding carboxylic acids is 1. The monoisotopic (exact) mass is 430 g/mol. The standard InChI is InChI=1S/C18H18N6O5S/c1-2-28-17(25)7-14-11-30-18(21-14)22-19-8-13-4-3-5-16(6-13)29-12-23-10-15(9-20-23)24(26)27/h3-6,8-11H,2,7,12H2,1H3,(H,21,22). The van der Waals surface area contributed by atoms with Crippen molar-refractivity contribution in [3.05, 3.63) is 63.4 Å². The maximum atomic E-state index is 11.5. The van der Waals surface area contributed by atoms with Crippen molar-refractivity contribution in [2.45, 2.75) is 20.1 Å². The number of carbonyl (C=O) groups is 1. The first-order valence-corrected chi connectivity index (χ1v) is 9.70. The summed E-state index contributed by atoms with van der Waals surface area (Å²) >= 11 is 1.33. The molecule has 0 radical (unpaired) electrons. The van der Waals surface area contributed by atoms with E-state index in [-0.39, 0.29) is 24.8 Å². The van der Waals surface area contributed by atoms with Gasteiger partial charge in [0.25, 0.3) is 0 Å². The van der Waals surface area contributed by atoms with E-state index in [1.54, 1.807) is 36.7 Å². The lowest BCUT2D eigenvalue weighted by Crippen LogP contribution is -2.07. The minimum Gasteiger partial charge on any atom is -0.471 e. The third-order valence-corrected chi connectivity index (χ3v) is 4.40. The summed E-state index contributed by atoms with van der Waals surface area (Å²) in [5.41, 5.74) is 4.11. The van der Waals surface area contributed by atoms with Crippen LogP contribution in [-0.2, 0) is 22.7 Å². The molecular weight excluding hydrogens is 412 g/mol. The molecule has 0 fully saturated rings. The van der Waals surface area contributed by atoms with Crippen molar-refractivity contribution in [2.75, 3.05) is 12.0 Å². The van der Waals surface area contributed by atoms with Crippen molar-refractivity contribution >= 4 is 34.3 Å². The Morgan fingerprint density at radius 2 is 2.33 bits per heavy atom. The number of anilines is 1. The van der Waals surface area contributed by atoms with Crippen molar-refractivity contribution in [1.29, 1.82) is 0 Å². The summed E-state index contributed by atoms with van der Waals surface area (Å²) in [4.78, 5) is 25.9. The molecule has 3 aromatic rings. The third-order valence-electron chi connectivity index (χ3n) is 3.61. The topological polar surface area (TPSA) is 134 Å². The SMILES string of the molecule is CCOC(=O)Cc1csc(NN=Cc2cccc(OCn3cc([N+](=O)[O-])cn3)c2)n1. The van der Waals surface area contributed by atoms with Gasteiger partial charge in [0.1, 0.15) is 18.1 Å². The van der Waals surface area contributed by atoms with Crippen molar-refractivity contribution in [1.82, 2.24) is 14.8 Å². The highest BCUT2D eigenvalue weighted by molar-refractivity contribution is 7.13. The number of benzene rings is 1. The maximum absolute atomic E-state index is 11.5. The van der Waals surface area contributed by atoms with E-state index >= 15 is 0 Å². The van der Waals surface area contributed by atoms with Gasteiger partial charge in [-0.25, -0.2) is 9.67 Å². The van der Waals surface area contributed by atoms with Crippen LogP contribution in [0.15, 0.2) is 47.1 Å². The predicted molar refractivity (Wildman–Crippen MR) is 110 cm³/mol. The fourth-order valence-electron chi connectivity index (χ4n) is 2.30. The van der Waals surface area contributed by atoms with Crippen LogP contribution in [0.3, 0.4) is 0 Å². The van der Waals surface area contributed by atoms with Crippen LogP contribution < -0.4 is 10.2 Å². The Bertz CT molecular complexity index is 1050. The molecule has 0 amide bonds. The molecule has 0 spiro atoms. The summed E-state index contributed by atoms with van der Waals surface area (Å²) in [6.45, 7) is 2.13. The molecule has 2 heterocycles. The van der Waals surface area contributed by atoms with Crippen molar-refractivity contribution in [2.24, 2.45) is 5.10 Å². The Hall–Kier alpha value is -3.80. The zero-order valence-electron chi connectivity index (χ0n) is 15.9. The average molecular weight is 430 g/mol. The van der Waals surface area contributed by atoms with Gasteiger partial charge in [0.15, 0.2) is 6.73 Å². The molecule has 11 nitrogen and oxygen atoms in total. The number of ether oxygens (including phenoxy) is 2. The van der Waals surface area contributed by atoms with Crippen LogP contribution in [0.25, 0.3) is 0 Å². The average Bonchev–Trinajstić information content (AvgIpc) is 3.37. The van der Waals surface area contributed by atoms with Crippen LogP contribution >= 0.6 is 11.3 Å². The normalized spacial score (nSPS) is 10.8. The summed E-state index contributed by atoms with van der Waals surface area (Å²) < 4.78 is 11.8. The number of hydrazone groups is 1. The number of nitro groups is 1. The summed E-state index contributed by atoms with van der Waals surface area (Å²) in [5, 5.41) is 21.0. The molecule has 0 aliphatic rings. The molecule has 0 aliphatic carbocycles. The van der Waals surface area contributed by atoms with Crippen LogP contribution in [0.5, 0.6) is 5.75 Å². The fourth-order valence-corrected chi connectivity index (χ4v) is 2.96. The number of nitrogens with zero attached hydrogens (tertiary/aromatic N) is 5. The molecule has 0 saturated carbocycles. The van der Waals surface area contributed by atoms with Crippen molar-refractivity contribution < 1.29 is 19.2 Å². The van der Waals surface area contributed by atoms with E-state index in [1.807, 2.05) is 6.07 Å². The molecule has 0 aliphatic heterocycles. The highest BCUT2D eigenvalue weighted by Gasteiger charge is 2.09. The molecule has 0 unspecified atom stereocenters. The van der Waals surface area contributed by atoms with Gasteiger partial charge in [-0.3, -0.25) is 20.3 Å². The number of aromatic nitrogens is 3. The van der Waals surface area contributed by atoms with E-state index in [2.05, 4.69) is 20.6 Å². The smallest absolute Gasteiger partial charge is 0.311 e. The molecule has 12 heteroatoms. The zero-order valence-corrected chi connectivity index (χ0v) is 16.7. The summed E-state index contributed by atoms with van der Waals surface area (Å²) in [6.07, 6.45) is 4.17. The molecule has 156 valence electrons. The number of esters is 1. The highest BCUT2D eigenvalue weighted by Crippen LogP contribution is 2.17. The van der Waals surface area contributed by atoms with Gasteiger partial charge in [-0.1, -0.05) is 12.1 Å². The van der Waals surface area contributed by atoms with Gasteiger partial charge in [0, 0.05) is 5.38 Å². The van der Waals surface area contributed by atoms with E-state index < -0.39 is 4.92 Å². The molecule has 2 aromatic heterocycles. The summed E-state index contributed by atoms with van der Waals surface area (Å²) in [5.74, 6) is 0.238. The van der Waals surface area contributed by atoms with E-state index in [0.29, 0.717) is 23.2 Å². The van der Waals surface area contributed by atoms with Gasteiger partial charge < -0.3 is 9.47 Å². The molecule has 1 N–H and O–H groups in total. The zero-order chi connectivity index (χ0) is 21.3. The van der Waals surface area contributed by atoms with Gasteiger partial charge in [-0.15, -0.1) is 11.3 Å². The van der Waals surface area contributed by atoms with E-state index in [4.69, 9.17) is 9.47 Å². The Morgan fingerprint density at radius 3 is 3.10 bits per heavy atom. The lowest BCUT2D eigenvalue weighted by Gasteiger charge is -2.06. The summed E-state index contributed by atoms with van der Waals surface area (Å²) in [7, 11) is 0. The first-order valence-electron chi connectivity index (χ1n) is 8.82. The van der Waals surface area contributed by atoms with Gasteiger partial charge in [-0.2, -0.15) is 10.2 Å². The third kappa shape index (κ3) is 6.10. The molecule has 0 bridgehead atoms. The second-order valence-electron chi connectivity index (χ2n) is 5.84. The minimum absolute atomic E-state index is 0.0368. The molecular formula is C18H18N6O5S. The van der Waals surface area contributed by atoms with Crippen LogP contribution in [0.4, 0.5) is 10.8 Å². The largest absolute Gasteiger partial charge is 0.471 e. The fraction of sp³-hybridized carbons (Fsp3) is 0.222. The molecule has 3 rings (SSSR count). The van der Waals surface area contributed by atoms with Crippen LogP contribution in [0.1, 0.15) is 18.2 Å². The Balaban J connectivity index is 1.52. The van der Waals surface area contributed by atoms with Crippen molar-refractivity contribution in [3.8, 4) is 5.75 Å². The molecule has 30 heavy (non-hydrogen) atoms. The van der Waals surface area contributed by atoms with Gasteiger partial charge in [0.2, 0.25) is 5.13 Å². The summed E-state index contributed by atoms with van der Waals surface area (Å²) in [6, 6.07) is 7.15. The number of thiazole rings is 1.